The van der Waals surface area contributed by atoms with Gasteiger partial charge in [-0.2, -0.15) is 0 Å². The maximum Gasteiger partial charge on any atom is 0.303 e. The van der Waals surface area contributed by atoms with Gasteiger partial charge in [0.1, 0.15) is 12.1 Å². The number of fused-ring (bicyclic) bond motifs is 1. The molecule has 0 aromatic carbocycles. The predicted molar refractivity (Wildman–Crippen MR) is 105 cm³/mol. The van der Waals surface area contributed by atoms with Gasteiger partial charge in [-0.25, -0.2) is 15.0 Å². The number of aliphatic carboxylic acids is 1. The summed E-state index contributed by atoms with van der Waals surface area (Å²) in [6.45, 7) is 1.02. The van der Waals surface area contributed by atoms with E-state index in [9.17, 15) is 4.79 Å². The molecule has 27 heavy (non-hydrogen) atoms. The molecule has 6 heteroatoms. The molecule has 0 spiro atoms. The van der Waals surface area contributed by atoms with Gasteiger partial charge in [0.15, 0.2) is 0 Å². The molecule has 0 radical (unpaired) electrons. The molecule has 1 aliphatic rings. The Balaban J connectivity index is 1.38. The van der Waals surface area contributed by atoms with E-state index in [1.807, 2.05) is 0 Å². The number of hydrogen-bond donors (Lipinski definition) is 2. The van der Waals surface area contributed by atoms with Crippen molar-refractivity contribution >= 4 is 11.8 Å². The van der Waals surface area contributed by atoms with Crippen LogP contribution in [0.5, 0.6) is 0 Å². The van der Waals surface area contributed by atoms with Crippen molar-refractivity contribution < 1.29 is 9.90 Å². The fourth-order valence-electron chi connectivity index (χ4n) is 3.68. The fourth-order valence-corrected chi connectivity index (χ4v) is 3.68. The minimum absolute atomic E-state index is 0.00270. The Bertz CT molecular complexity index is 736. The molecule has 2 N–H and O–H groups in total. The van der Waals surface area contributed by atoms with Crippen molar-refractivity contribution in [2.24, 2.45) is 0 Å². The van der Waals surface area contributed by atoms with Crippen molar-refractivity contribution in [2.75, 3.05) is 11.9 Å². The molecule has 1 aliphatic heterocycles. The van der Waals surface area contributed by atoms with Crippen molar-refractivity contribution in [1.29, 1.82) is 0 Å². The zero-order valence-corrected chi connectivity index (χ0v) is 15.7. The summed E-state index contributed by atoms with van der Waals surface area (Å²) in [5.41, 5.74) is 3.42. The lowest BCUT2D eigenvalue weighted by Crippen LogP contribution is -2.13. The van der Waals surface area contributed by atoms with E-state index in [0.717, 1.165) is 68.6 Å². The summed E-state index contributed by atoms with van der Waals surface area (Å²) in [7, 11) is 0. The second-order valence-corrected chi connectivity index (χ2v) is 7.26. The number of hydrogen-bond acceptors (Lipinski definition) is 5. The Morgan fingerprint density at radius 3 is 2.78 bits per heavy atom. The van der Waals surface area contributed by atoms with Crippen LogP contribution in [0.25, 0.3) is 0 Å². The molecule has 0 amide bonds. The molecule has 0 unspecified atom stereocenters. The lowest BCUT2D eigenvalue weighted by atomic mass is 9.92. The highest BCUT2D eigenvalue weighted by atomic mass is 16.4. The first-order valence-electron chi connectivity index (χ1n) is 9.92. The summed E-state index contributed by atoms with van der Waals surface area (Å²) in [5, 5.41) is 12.5. The normalized spacial score (nSPS) is 14.2. The van der Waals surface area contributed by atoms with Crippen molar-refractivity contribution in [1.82, 2.24) is 15.0 Å². The molecule has 2 aromatic heterocycles. The van der Waals surface area contributed by atoms with Gasteiger partial charge in [-0.1, -0.05) is 25.3 Å². The summed E-state index contributed by atoms with van der Waals surface area (Å²) >= 11 is 0. The number of nitrogens with one attached hydrogen (secondary N) is 1. The number of anilines is 1. The summed E-state index contributed by atoms with van der Waals surface area (Å²) in [6.07, 6.45) is 13.6. The molecule has 0 aliphatic carbocycles. The minimum Gasteiger partial charge on any atom is -0.481 e. The standard InChI is InChI=1S/C21H28N4O2/c26-20(27)12-17(18-13-22-15-23-14-18)6-3-1-2-4-8-19-10-9-16-7-5-11-24-21(16)25-19/h9-10,13-15,17H,1-8,11-12H2,(H,24,25)(H,26,27)/t17-/m1/s1. The van der Waals surface area contributed by atoms with Crippen molar-refractivity contribution in [3.05, 3.63) is 47.7 Å². The van der Waals surface area contributed by atoms with Gasteiger partial charge in [-0.3, -0.25) is 4.79 Å². The van der Waals surface area contributed by atoms with Crippen LogP contribution >= 0.6 is 0 Å². The van der Waals surface area contributed by atoms with E-state index < -0.39 is 5.97 Å². The molecule has 0 saturated carbocycles. The first-order valence-corrected chi connectivity index (χ1v) is 9.92. The van der Waals surface area contributed by atoms with Crippen molar-refractivity contribution in [3.8, 4) is 0 Å². The van der Waals surface area contributed by atoms with Gasteiger partial charge >= 0.3 is 5.97 Å². The van der Waals surface area contributed by atoms with E-state index >= 15 is 0 Å². The number of carbonyl (C=O) groups is 1. The third-order valence-corrected chi connectivity index (χ3v) is 5.16. The highest BCUT2D eigenvalue weighted by Crippen LogP contribution is 2.25. The number of aryl methyl sites for hydroxylation is 2. The topological polar surface area (TPSA) is 88.0 Å². The molecular weight excluding hydrogens is 340 g/mol. The van der Waals surface area contributed by atoms with E-state index in [0.29, 0.717) is 0 Å². The molecule has 6 nitrogen and oxygen atoms in total. The molecule has 1 atom stereocenters. The summed E-state index contributed by atoms with van der Waals surface area (Å²) in [4.78, 5) is 23.9. The maximum absolute atomic E-state index is 11.1. The second kappa shape index (κ2) is 10.00. The number of carboxylic acid groups (broad SMARTS) is 1. The third kappa shape index (κ3) is 6.01. The quantitative estimate of drug-likeness (QED) is 0.617. The lowest BCUT2D eigenvalue weighted by Gasteiger charge is -2.17. The van der Waals surface area contributed by atoms with Crippen LogP contribution in [0.2, 0.25) is 0 Å². The Hall–Kier alpha value is -2.50. The molecule has 144 valence electrons. The molecular formula is C21H28N4O2. The first-order chi connectivity index (χ1) is 13.2. The fraction of sp³-hybridized carbons (Fsp3) is 0.524. The number of nitrogens with zero attached hydrogens (tertiary/aromatic N) is 3. The Kier molecular flexibility index (Phi) is 7.13. The Morgan fingerprint density at radius 2 is 1.96 bits per heavy atom. The van der Waals surface area contributed by atoms with E-state index in [4.69, 9.17) is 10.1 Å². The average Bonchev–Trinajstić information content (AvgIpc) is 2.70. The Morgan fingerprint density at radius 1 is 1.15 bits per heavy atom. The van der Waals surface area contributed by atoms with Crippen LogP contribution in [0, 0.1) is 0 Å². The number of aromatic nitrogens is 3. The van der Waals surface area contributed by atoms with Gasteiger partial charge in [0.2, 0.25) is 0 Å². The molecule has 2 aromatic rings. The molecule has 0 fully saturated rings. The average molecular weight is 368 g/mol. The molecule has 0 bridgehead atoms. The van der Waals surface area contributed by atoms with Gasteiger partial charge in [-0.05, 0) is 55.2 Å². The van der Waals surface area contributed by atoms with Crippen LogP contribution < -0.4 is 5.32 Å². The number of carboxylic acids is 1. The number of rotatable bonds is 10. The molecule has 3 rings (SSSR count). The third-order valence-electron chi connectivity index (χ3n) is 5.16. The van der Waals surface area contributed by atoms with Gasteiger partial charge < -0.3 is 10.4 Å². The number of pyridine rings is 1. The van der Waals surface area contributed by atoms with Gasteiger partial charge in [-0.15, -0.1) is 0 Å². The molecule has 0 saturated heterocycles. The van der Waals surface area contributed by atoms with Gasteiger partial charge in [0.05, 0.1) is 6.42 Å². The molecule has 3 heterocycles. The van der Waals surface area contributed by atoms with Crippen LogP contribution in [0.15, 0.2) is 30.9 Å². The van der Waals surface area contributed by atoms with Crippen LogP contribution in [0.4, 0.5) is 5.82 Å². The SMILES string of the molecule is O=C(O)C[C@@H](CCCCCCc1ccc2c(n1)NCCC2)c1cncnc1. The zero-order chi connectivity index (χ0) is 18.9. The van der Waals surface area contributed by atoms with E-state index in [2.05, 4.69) is 27.4 Å². The predicted octanol–water partition coefficient (Wildman–Crippen LogP) is 3.98. The highest BCUT2D eigenvalue weighted by molar-refractivity contribution is 5.68. The number of unbranched alkanes of at least 4 members (excludes halogenated alkanes) is 3. The van der Waals surface area contributed by atoms with Gasteiger partial charge in [0, 0.05) is 24.6 Å². The van der Waals surface area contributed by atoms with Crippen LogP contribution in [-0.4, -0.2) is 32.6 Å². The van der Waals surface area contributed by atoms with E-state index in [1.54, 1.807) is 12.4 Å². The smallest absolute Gasteiger partial charge is 0.303 e. The second-order valence-electron chi connectivity index (χ2n) is 7.26. The monoisotopic (exact) mass is 368 g/mol. The van der Waals surface area contributed by atoms with Crippen LogP contribution in [0.1, 0.15) is 67.7 Å². The van der Waals surface area contributed by atoms with Crippen LogP contribution in [-0.2, 0) is 17.6 Å². The van der Waals surface area contributed by atoms with E-state index in [1.165, 1.54) is 18.3 Å². The Labute approximate surface area is 160 Å². The van der Waals surface area contributed by atoms with Gasteiger partial charge in [0.25, 0.3) is 0 Å². The minimum atomic E-state index is -0.768. The van der Waals surface area contributed by atoms with Crippen molar-refractivity contribution in [2.45, 2.75) is 63.7 Å². The highest BCUT2D eigenvalue weighted by Gasteiger charge is 2.16. The lowest BCUT2D eigenvalue weighted by molar-refractivity contribution is -0.137. The summed E-state index contributed by atoms with van der Waals surface area (Å²) in [5.74, 6) is 0.299. The first kappa shape index (κ1) is 19.3. The maximum atomic E-state index is 11.1. The largest absolute Gasteiger partial charge is 0.481 e. The zero-order valence-electron chi connectivity index (χ0n) is 15.7. The summed E-state index contributed by atoms with van der Waals surface area (Å²) < 4.78 is 0. The van der Waals surface area contributed by atoms with Crippen molar-refractivity contribution in [3.63, 3.8) is 0 Å². The van der Waals surface area contributed by atoms with E-state index in [-0.39, 0.29) is 12.3 Å². The summed E-state index contributed by atoms with van der Waals surface area (Å²) in [6, 6.07) is 4.37. The van der Waals surface area contributed by atoms with Crippen LogP contribution in [0.3, 0.4) is 0 Å².